The normalized spacial score (nSPS) is 20.5. The van der Waals surface area contributed by atoms with E-state index in [0.29, 0.717) is 0 Å². The first-order valence-corrected chi connectivity index (χ1v) is 6.90. The zero-order valence-corrected chi connectivity index (χ0v) is 11.0. The van der Waals surface area contributed by atoms with Gasteiger partial charge < -0.3 is 10.0 Å². The maximum Gasteiger partial charge on any atom is 0.354 e. The highest BCUT2D eigenvalue weighted by atomic mass is 16.4. The van der Waals surface area contributed by atoms with Crippen molar-refractivity contribution in [1.82, 2.24) is 9.88 Å². The van der Waals surface area contributed by atoms with Crippen LogP contribution in [0.1, 0.15) is 23.3 Å². The number of carbonyl (C=O) groups is 1. The largest absolute Gasteiger partial charge is 0.477 e. The molecule has 5 heteroatoms. The summed E-state index contributed by atoms with van der Waals surface area (Å²) in [6, 6.07) is 5.19. The number of carboxylic acids is 1. The second kappa shape index (κ2) is 5.17. The van der Waals surface area contributed by atoms with Crippen molar-refractivity contribution in [3.05, 3.63) is 23.9 Å². The van der Waals surface area contributed by atoms with Gasteiger partial charge in [0.15, 0.2) is 5.69 Å². The van der Waals surface area contributed by atoms with Crippen molar-refractivity contribution in [3.63, 3.8) is 0 Å². The Kier molecular flexibility index (Phi) is 3.38. The van der Waals surface area contributed by atoms with Gasteiger partial charge in [0, 0.05) is 32.7 Å². The first-order valence-electron chi connectivity index (χ1n) is 6.90. The number of aromatic carboxylic acids is 1. The minimum absolute atomic E-state index is 0.123. The summed E-state index contributed by atoms with van der Waals surface area (Å²) >= 11 is 0. The van der Waals surface area contributed by atoms with Crippen LogP contribution in [0.15, 0.2) is 18.2 Å². The fourth-order valence-corrected chi connectivity index (χ4v) is 2.54. The van der Waals surface area contributed by atoms with Crippen molar-refractivity contribution in [1.29, 1.82) is 0 Å². The molecule has 0 aromatic carbocycles. The number of rotatable bonds is 4. The molecule has 1 aliphatic heterocycles. The summed E-state index contributed by atoms with van der Waals surface area (Å²) in [6.07, 6.45) is 2.78. The van der Waals surface area contributed by atoms with Crippen LogP contribution < -0.4 is 4.90 Å². The van der Waals surface area contributed by atoms with E-state index in [1.54, 1.807) is 6.07 Å². The van der Waals surface area contributed by atoms with E-state index in [-0.39, 0.29) is 5.69 Å². The average Bonchev–Trinajstić information content (AvgIpc) is 3.24. The van der Waals surface area contributed by atoms with Gasteiger partial charge in [-0.05, 0) is 30.9 Å². The second-order valence-corrected chi connectivity index (χ2v) is 5.42. The lowest BCUT2D eigenvalue weighted by Crippen LogP contribution is -2.47. The summed E-state index contributed by atoms with van der Waals surface area (Å²) in [5.74, 6) is 0.750. The van der Waals surface area contributed by atoms with E-state index < -0.39 is 5.97 Å². The zero-order chi connectivity index (χ0) is 13.2. The Bertz CT molecular complexity index is 466. The van der Waals surface area contributed by atoms with Crippen molar-refractivity contribution in [2.24, 2.45) is 5.92 Å². The van der Waals surface area contributed by atoms with Crippen molar-refractivity contribution in [3.8, 4) is 0 Å². The third-order valence-corrected chi connectivity index (χ3v) is 3.86. The van der Waals surface area contributed by atoms with E-state index in [9.17, 15) is 4.79 Å². The van der Waals surface area contributed by atoms with Gasteiger partial charge in [0.2, 0.25) is 0 Å². The lowest BCUT2D eigenvalue weighted by atomic mass is 10.2. The summed E-state index contributed by atoms with van der Waals surface area (Å²) in [5.41, 5.74) is 0.123. The number of nitrogens with zero attached hydrogens (tertiary/aromatic N) is 3. The molecule has 2 heterocycles. The van der Waals surface area contributed by atoms with Crippen molar-refractivity contribution in [2.75, 3.05) is 37.6 Å². The molecule has 0 spiro atoms. The van der Waals surface area contributed by atoms with Crippen molar-refractivity contribution in [2.45, 2.75) is 12.8 Å². The third kappa shape index (κ3) is 3.04. The first-order chi connectivity index (χ1) is 9.22. The lowest BCUT2D eigenvalue weighted by Gasteiger charge is -2.35. The molecule has 0 bridgehead atoms. The predicted molar refractivity (Wildman–Crippen MR) is 72.6 cm³/mol. The molecule has 1 N–H and O–H groups in total. The molecule has 0 amide bonds. The van der Waals surface area contributed by atoms with E-state index in [1.165, 1.54) is 25.5 Å². The van der Waals surface area contributed by atoms with Crippen LogP contribution in [0.3, 0.4) is 0 Å². The number of hydrogen-bond acceptors (Lipinski definition) is 4. The molecule has 19 heavy (non-hydrogen) atoms. The number of aromatic nitrogens is 1. The number of piperazine rings is 1. The van der Waals surface area contributed by atoms with Gasteiger partial charge in [-0.15, -0.1) is 0 Å². The maximum atomic E-state index is 10.9. The van der Waals surface area contributed by atoms with Crippen LogP contribution in [0.4, 0.5) is 5.82 Å². The molecule has 0 unspecified atom stereocenters. The molecule has 2 aliphatic rings. The van der Waals surface area contributed by atoms with Crippen LogP contribution in [-0.4, -0.2) is 53.7 Å². The first kappa shape index (κ1) is 12.4. The fraction of sp³-hybridized carbons (Fsp3) is 0.571. The lowest BCUT2D eigenvalue weighted by molar-refractivity contribution is 0.0690. The monoisotopic (exact) mass is 261 g/mol. The summed E-state index contributed by atoms with van der Waals surface area (Å²) in [5, 5.41) is 8.97. The Hall–Kier alpha value is -1.62. The average molecular weight is 261 g/mol. The predicted octanol–water partition coefficient (Wildman–Crippen LogP) is 1.31. The van der Waals surface area contributed by atoms with E-state index in [4.69, 9.17) is 5.11 Å². The standard InChI is InChI=1S/C14H19N3O2/c18-14(19)12-2-1-3-13(15-12)17-8-6-16(7-9-17)10-11-4-5-11/h1-3,11H,4-10H2,(H,18,19). The van der Waals surface area contributed by atoms with Crippen LogP contribution >= 0.6 is 0 Å². The molecule has 102 valence electrons. The molecular weight excluding hydrogens is 242 g/mol. The summed E-state index contributed by atoms with van der Waals surface area (Å²) in [4.78, 5) is 19.8. The van der Waals surface area contributed by atoms with E-state index in [2.05, 4.69) is 14.8 Å². The quantitative estimate of drug-likeness (QED) is 0.885. The highest BCUT2D eigenvalue weighted by Crippen LogP contribution is 2.30. The molecule has 1 aromatic heterocycles. The minimum Gasteiger partial charge on any atom is -0.477 e. The topological polar surface area (TPSA) is 56.7 Å². The molecular formula is C14H19N3O2. The molecule has 1 saturated carbocycles. The summed E-state index contributed by atoms with van der Waals surface area (Å²) in [6.45, 7) is 5.20. The minimum atomic E-state index is -0.964. The van der Waals surface area contributed by atoms with Gasteiger partial charge in [-0.25, -0.2) is 9.78 Å². The van der Waals surface area contributed by atoms with Crippen LogP contribution in [-0.2, 0) is 0 Å². The van der Waals surface area contributed by atoms with E-state index in [0.717, 1.165) is 37.9 Å². The van der Waals surface area contributed by atoms with Crippen LogP contribution in [0.5, 0.6) is 0 Å². The van der Waals surface area contributed by atoms with Gasteiger partial charge in [0.25, 0.3) is 0 Å². The van der Waals surface area contributed by atoms with Crippen molar-refractivity contribution >= 4 is 11.8 Å². The van der Waals surface area contributed by atoms with Gasteiger partial charge in [-0.1, -0.05) is 6.07 Å². The summed E-state index contributed by atoms with van der Waals surface area (Å²) < 4.78 is 0. The van der Waals surface area contributed by atoms with Crippen LogP contribution in [0, 0.1) is 5.92 Å². The SMILES string of the molecule is O=C(O)c1cccc(N2CCN(CC3CC3)CC2)n1. The summed E-state index contributed by atoms with van der Waals surface area (Å²) in [7, 11) is 0. The maximum absolute atomic E-state index is 10.9. The van der Waals surface area contributed by atoms with Gasteiger partial charge >= 0.3 is 5.97 Å². The van der Waals surface area contributed by atoms with Gasteiger partial charge in [-0.3, -0.25) is 4.90 Å². The fourth-order valence-electron chi connectivity index (χ4n) is 2.54. The van der Waals surface area contributed by atoms with E-state index >= 15 is 0 Å². The van der Waals surface area contributed by atoms with Gasteiger partial charge in [0.1, 0.15) is 5.82 Å². The molecule has 0 radical (unpaired) electrons. The second-order valence-electron chi connectivity index (χ2n) is 5.42. The molecule has 1 aliphatic carbocycles. The zero-order valence-electron chi connectivity index (χ0n) is 11.0. The van der Waals surface area contributed by atoms with Crippen LogP contribution in [0.25, 0.3) is 0 Å². The Morgan fingerprint density at radius 1 is 1.26 bits per heavy atom. The molecule has 3 rings (SSSR count). The molecule has 0 atom stereocenters. The highest BCUT2D eigenvalue weighted by molar-refractivity contribution is 5.85. The molecule has 5 nitrogen and oxygen atoms in total. The molecule has 1 saturated heterocycles. The Morgan fingerprint density at radius 2 is 2.00 bits per heavy atom. The van der Waals surface area contributed by atoms with E-state index in [1.807, 2.05) is 6.07 Å². The van der Waals surface area contributed by atoms with Crippen molar-refractivity contribution < 1.29 is 9.90 Å². The Balaban J connectivity index is 1.60. The Labute approximate surface area is 112 Å². The number of anilines is 1. The highest BCUT2D eigenvalue weighted by Gasteiger charge is 2.26. The number of pyridine rings is 1. The number of hydrogen-bond donors (Lipinski definition) is 1. The van der Waals surface area contributed by atoms with Gasteiger partial charge in [0.05, 0.1) is 0 Å². The third-order valence-electron chi connectivity index (χ3n) is 3.86. The number of carboxylic acid groups (broad SMARTS) is 1. The Morgan fingerprint density at radius 3 is 2.63 bits per heavy atom. The smallest absolute Gasteiger partial charge is 0.354 e. The molecule has 1 aromatic rings. The molecule has 2 fully saturated rings. The van der Waals surface area contributed by atoms with Gasteiger partial charge in [-0.2, -0.15) is 0 Å². The van der Waals surface area contributed by atoms with Crippen LogP contribution in [0.2, 0.25) is 0 Å².